The first-order chi connectivity index (χ1) is 11.1. The number of nitrogens with zero attached hydrogens (tertiary/aromatic N) is 1. The number of rotatable bonds is 3. The van der Waals surface area contributed by atoms with Crippen molar-refractivity contribution in [2.45, 2.75) is 38.0 Å². The summed E-state index contributed by atoms with van der Waals surface area (Å²) >= 11 is 0. The van der Waals surface area contributed by atoms with Gasteiger partial charge in [-0.2, -0.15) is 0 Å². The lowest BCUT2D eigenvalue weighted by Gasteiger charge is -2.35. The van der Waals surface area contributed by atoms with Crippen LogP contribution in [0.15, 0.2) is 24.3 Å². The van der Waals surface area contributed by atoms with Crippen molar-refractivity contribution >= 4 is 6.03 Å². The minimum absolute atomic E-state index is 0.0436. The van der Waals surface area contributed by atoms with E-state index < -0.39 is 0 Å². The van der Waals surface area contributed by atoms with Crippen LogP contribution in [0.3, 0.4) is 0 Å². The smallest absolute Gasteiger partial charge is 0.318 e. The number of halogens is 1. The molecule has 1 N–H and O–H groups in total. The van der Waals surface area contributed by atoms with Gasteiger partial charge in [0.1, 0.15) is 5.82 Å². The zero-order chi connectivity index (χ0) is 16.2. The number of carbonyl (C=O) groups excluding carboxylic acids is 1. The number of benzene rings is 1. The van der Waals surface area contributed by atoms with E-state index >= 15 is 0 Å². The highest BCUT2D eigenvalue weighted by atomic mass is 19.1. The first-order valence-corrected chi connectivity index (χ1v) is 8.17. The zero-order valence-electron chi connectivity index (χ0n) is 13.3. The van der Waals surface area contributed by atoms with E-state index in [1.54, 1.807) is 17.0 Å². The maximum Gasteiger partial charge on any atom is 0.318 e. The van der Waals surface area contributed by atoms with Gasteiger partial charge in [-0.3, -0.25) is 0 Å². The molecule has 0 spiro atoms. The minimum atomic E-state index is -0.284. The van der Waals surface area contributed by atoms with Gasteiger partial charge in [0, 0.05) is 13.2 Å². The van der Waals surface area contributed by atoms with Crippen LogP contribution >= 0.6 is 0 Å². The number of ether oxygens (including phenoxy) is 2. The first kappa shape index (κ1) is 16.2. The maximum absolute atomic E-state index is 13.2. The summed E-state index contributed by atoms with van der Waals surface area (Å²) in [6.07, 6.45) is 1.80. The Balaban J connectivity index is 1.75. The Morgan fingerprint density at radius 2 is 2.13 bits per heavy atom. The maximum atomic E-state index is 13.2. The third-order valence-electron chi connectivity index (χ3n) is 4.47. The molecule has 0 bridgehead atoms. The fourth-order valence-electron chi connectivity index (χ4n) is 3.17. The molecule has 3 rings (SSSR count). The van der Waals surface area contributed by atoms with Crippen molar-refractivity contribution in [3.8, 4) is 0 Å². The molecule has 0 radical (unpaired) electrons. The second kappa shape index (κ2) is 7.27. The van der Waals surface area contributed by atoms with E-state index in [-0.39, 0.29) is 30.0 Å². The van der Waals surface area contributed by atoms with E-state index in [4.69, 9.17) is 9.47 Å². The van der Waals surface area contributed by atoms with Gasteiger partial charge in [0.25, 0.3) is 0 Å². The lowest BCUT2D eigenvalue weighted by atomic mass is 9.99. The molecule has 2 heterocycles. The van der Waals surface area contributed by atoms with Crippen LogP contribution in [0.4, 0.5) is 9.18 Å². The summed E-state index contributed by atoms with van der Waals surface area (Å²) < 4.78 is 24.3. The predicted octanol–water partition coefficient (Wildman–Crippen LogP) is 2.48. The molecule has 2 fully saturated rings. The Kier molecular flexibility index (Phi) is 5.13. The van der Waals surface area contributed by atoms with Gasteiger partial charge in [0.05, 0.1) is 31.4 Å². The van der Waals surface area contributed by atoms with Crippen molar-refractivity contribution in [2.75, 3.05) is 26.4 Å². The molecule has 2 amide bonds. The molecule has 1 aromatic rings. The van der Waals surface area contributed by atoms with Crippen LogP contribution in [-0.4, -0.2) is 49.4 Å². The molecule has 1 aromatic carbocycles. The van der Waals surface area contributed by atoms with Crippen LogP contribution < -0.4 is 5.32 Å². The molecule has 2 aliphatic rings. The summed E-state index contributed by atoms with van der Waals surface area (Å²) in [4.78, 5) is 14.4. The molecule has 5 nitrogen and oxygen atoms in total. The quantitative estimate of drug-likeness (QED) is 0.930. The second-order valence-corrected chi connectivity index (χ2v) is 6.15. The van der Waals surface area contributed by atoms with E-state index in [2.05, 4.69) is 5.32 Å². The largest absolute Gasteiger partial charge is 0.377 e. The molecule has 2 saturated heterocycles. The Hall–Kier alpha value is -1.66. The van der Waals surface area contributed by atoms with Crippen LogP contribution in [-0.2, 0) is 9.47 Å². The highest BCUT2D eigenvalue weighted by molar-refractivity contribution is 5.75. The molecule has 0 aromatic heterocycles. The Morgan fingerprint density at radius 3 is 2.78 bits per heavy atom. The van der Waals surface area contributed by atoms with E-state index in [0.717, 1.165) is 18.4 Å². The normalized spacial score (nSPS) is 26.1. The average Bonchev–Trinajstić information content (AvgIpc) is 3.08. The summed E-state index contributed by atoms with van der Waals surface area (Å²) in [7, 11) is 0. The van der Waals surface area contributed by atoms with Crippen molar-refractivity contribution < 1.29 is 18.7 Å². The molecule has 6 heteroatoms. The third kappa shape index (κ3) is 3.82. The van der Waals surface area contributed by atoms with Gasteiger partial charge >= 0.3 is 6.03 Å². The molecule has 3 atom stereocenters. The molecular formula is C17H23FN2O3. The number of amides is 2. The lowest BCUT2D eigenvalue weighted by molar-refractivity contribution is 0.0156. The second-order valence-electron chi connectivity index (χ2n) is 6.15. The first-order valence-electron chi connectivity index (χ1n) is 8.17. The van der Waals surface area contributed by atoms with Gasteiger partial charge in [0.15, 0.2) is 0 Å². The summed E-state index contributed by atoms with van der Waals surface area (Å²) in [6, 6.07) is 5.92. The molecule has 2 aliphatic heterocycles. The predicted molar refractivity (Wildman–Crippen MR) is 83.6 cm³/mol. The van der Waals surface area contributed by atoms with Crippen LogP contribution in [0.1, 0.15) is 31.4 Å². The number of nitrogens with one attached hydrogen (secondary N) is 1. The minimum Gasteiger partial charge on any atom is -0.377 e. The van der Waals surface area contributed by atoms with Crippen molar-refractivity contribution in [3.63, 3.8) is 0 Å². The number of carbonyl (C=O) groups is 1. The van der Waals surface area contributed by atoms with Crippen molar-refractivity contribution in [1.29, 1.82) is 0 Å². The highest BCUT2D eigenvalue weighted by Gasteiger charge is 2.32. The van der Waals surface area contributed by atoms with Crippen molar-refractivity contribution in [3.05, 3.63) is 35.6 Å². The monoisotopic (exact) mass is 322 g/mol. The molecule has 0 saturated carbocycles. The molecule has 23 heavy (non-hydrogen) atoms. The van der Waals surface area contributed by atoms with Gasteiger partial charge in [-0.1, -0.05) is 12.1 Å². The number of urea groups is 1. The Bertz CT molecular complexity index is 531. The number of hydrogen-bond donors (Lipinski definition) is 1. The Labute approximate surface area is 135 Å². The standard InChI is InChI=1S/C17H23FN2O3/c1-12-11-22-10-8-20(12)17(21)19-16(15-3-2-9-23-15)13-4-6-14(18)7-5-13/h4-7,12,15-16H,2-3,8-11H2,1H3,(H,19,21). The summed E-state index contributed by atoms with van der Waals surface area (Å²) in [6.45, 7) is 4.35. The summed E-state index contributed by atoms with van der Waals surface area (Å²) in [5.41, 5.74) is 0.868. The van der Waals surface area contributed by atoms with Crippen molar-refractivity contribution in [1.82, 2.24) is 10.2 Å². The van der Waals surface area contributed by atoms with E-state index in [1.807, 2.05) is 6.92 Å². The fraction of sp³-hybridized carbons (Fsp3) is 0.588. The number of morpholine rings is 1. The molecule has 3 unspecified atom stereocenters. The molecule has 126 valence electrons. The fourth-order valence-corrected chi connectivity index (χ4v) is 3.17. The van der Waals surface area contributed by atoms with E-state index in [0.29, 0.717) is 26.4 Å². The van der Waals surface area contributed by atoms with Crippen LogP contribution in [0.25, 0.3) is 0 Å². The van der Waals surface area contributed by atoms with Gasteiger partial charge in [-0.15, -0.1) is 0 Å². The zero-order valence-corrected chi connectivity index (χ0v) is 13.3. The SMILES string of the molecule is CC1COCCN1C(=O)NC(c1ccc(F)cc1)C1CCCO1. The highest BCUT2D eigenvalue weighted by Crippen LogP contribution is 2.27. The summed E-state index contributed by atoms with van der Waals surface area (Å²) in [5.74, 6) is -0.284. The van der Waals surface area contributed by atoms with Crippen LogP contribution in [0.5, 0.6) is 0 Å². The Morgan fingerprint density at radius 1 is 1.35 bits per heavy atom. The van der Waals surface area contributed by atoms with E-state index in [1.165, 1.54) is 12.1 Å². The van der Waals surface area contributed by atoms with Crippen molar-refractivity contribution in [2.24, 2.45) is 0 Å². The number of hydrogen-bond acceptors (Lipinski definition) is 3. The molecular weight excluding hydrogens is 299 g/mol. The van der Waals surface area contributed by atoms with Gasteiger partial charge in [0.2, 0.25) is 0 Å². The van der Waals surface area contributed by atoms with Gasteiger partial charge < -0.3 is 19.7 Å². The van der Waals surface area contributed by atoms with Crippen LogP contribution in [0, 0.1) is 5.82 Å². The summed E-state index contributed by atoms with van der Waals surface area (Å²) in [5, 5.41) is 3.08. The van der Waals surface area contributed by atoms with Gasteiger partial charge in [-0.25, -0.2) is 9.18 Å². The molecule has 0 aliphatic carbocycles. The topological polar surface area (TPSA) is 50.8 Å². The van der Waals surface area contributed by atoms with Gasteiger partial charge in [-0.05, 0) is 37.5 Å². The average molecular weight is 322 g/mol. The lowest BCUT2D eigenvalue weighted by Crippen LogP contribution is -2.53. The third-order valence-corrected chi connectivity index (χ3v) is 4.47. The van der Waals surface area contributed by atoms with Crippen LogP contribution in [0.2, 0.25) is 0 Å². The van der Waals surface area contributed by atoms with E-state index in [9.17, 15) is 9.18 Å².